The van der Waals surface area contributed by atoms with Gasteiger partial charge in [-0.2, -0.15) is 0 Å². The first-order valence-corrected chi connectivity index (χ1v) is 5.44. The molecule has 1 aromatic rings. The van der Waals surface area contributed by atoms with Crippen LogP contribution in [0.1, 0.15) is 25.0 Å². The molecule has 17 heavy (non-hydrogen) atoms. The van der Waals surface area contributed by atoms with Crippen LogP contribution in [0.15, 0.2) is 12.1 Å². The summed E-state index contributed by atoms with van der Waals surface area (Å²) in [7, 11) is 1.50. The molecule has 0 fully saturated rings. The molecule has 0 atom stereocenters. The van der Waals surface area contributed by atoms with Crippen molar-refractivity contribution < 1.29 is 14.4 Å². The fourth-order valence-corrected chi connectivity index (χ4v) is 1.38. The molecule has 0 heterocycles. The van der Waals surface area contributed by atoms with Crippen LogP contribution in [0.3, 0.4) is 0 Å². The molecule has 0 aliphatic rings. The van der Waals surface area contributed by atoms with E-state index in [9.17, 15) is 10.1 Å². The maximum atomic E-state index is 10.8. The topological polar surface area (TPSA) is 61.6 Å². The Bertz CT molecular complexity index is 377. The maximum Gasteiger partial charge on any atom is 0.278 e. The van der Waals surface area contributed by atoms with Crippen molar-refractivity contribution in [3.63, 3.8) is 0 Å². The third kappa shape index (κ3) is 4.03. The van der Waals surface area contributed by atoms with Gasteiger partial charge in [0.05, 0.1) is 10.5 Å². The Morgan fingerprint density at radius 2 is 1.88 bits per heavy atom. The SMILES string of the molecule is CC.COCOc1ccc(C)c([N+](=O)[O-])c1C. The maximum absolute atomic E-state index is 10.8. The van der Waals surface area contributed by atoms with Gasteiger partial charge in [-0.25, -0.2) is 0 Å². The average molecular weight is 241 g/mol. The number of nitro groups is 1. The van der Waals surface area contributed by atoms with E-state index in [0.717, 1.165) is 0 Å². The molecule has 5 heteroatoms. The van der Waals surface area contributed by atoms with Crippen LogP contribution in [0.25, 0.3) is 0 Å². The fourth-order valence-electron chi connectivity index (χ4n) is 1.38. The van der Waals surface area contributed by atoms with Crippen molar-refractivity contribution in [2.75, 3.05) is 13.9 Å². The summed E-state index contributed by atoms with van der Waals surface area (Å²) >= 11 is 0. The van der Waals surface area contributed by atoms with E-state index in [1.807, 2.05) is 13.8 Å². The molecule has 0 aromatic heterocycles. The highest BCUT2D eigenvalue weighted by molar-refractivity contribution is 5.53. The minimum Gasteiger partial charge on any atom is -0.467 e. The summed E-state index contributed by atoms with van der Waals surface area (Å²) in [5, 5.41) is 10.8. The number of ether oxygens (including phenoxy) is 2. The summed E-state index contributed by atoms with van der Waals surface area (Å²) in [5.74, 6) is 0.481. The smallest absolute Gasteiger partial charge is 0.278 e. The average Bonchev–Trinajstić information content (AvgIpc) is 2.30. The van der Waals surface area contributed by atoms with Crippen LogP contribution >= 0.6 is 0 Å². The largest absolute Gasteiger partial charge is 0.467 e. The van der Waals surface area contributed by atoms with Crippen molar-refractivity contribution in [1.29, 1.82) is 0 Å². The van der Waals surface area contributed by atoms with Crippen molar-refractivity contribution in [3.05, 3.63) is 33.4 Å². The van der Waals surface area contributed by atoms with E-state index >= 15 is 0 Å². The molecule has 0 amide bonds. The predicted octanol–water partition coefficient (Wildman–Crippen LogP) is 3.22. The first-order chi connectivity index (χ1) is 8.07. The van der Waals surface area contributed by atoms with Crippen LogP contribution in [-0.2, 0) is 4.74 Å². The summed E-state index contributed by atoms with van der Waals surface area (Å²) in [4.78, 5) is 10.4. The minimum atomic E-state index is -0.398. The summed E-state index contributed by atoms with van der Waals surface area (Å²) in [6.45, 7) is 7.45. The van der Waals surface area contributed by atoms with E-state index in [1.165, 1.54) is 7.11 Å². The van der Waals surface area contributed by atoms with Gasteiger partial charge in [-0.3, -0.25) is 10.1 Å². The zero-order valence-electron chi connectivity index (χ0n) is 10.9. The van der Waals surface area contributed by atoms with Gasteiger partial charge in [0.25, 0.3) is 5.69 Å². The predicted molar refractivity (Wildman–Crippen MR) is 66.4 cm³/mol. The summed E-state index contributed by atoms with van der Waals surface area (Å²) < 4.78 is 9.94. The third-order valence-electron chi connectivity index (χ3n) is 2.10. The van der Waals surface area contributed by atoms with E-state index in [2.05, 4.69) is 0 Å². The van der Waals surface area contributed by atoms with Crippen molar-refractivity contribution >= 4 is 5.69 Å². The first-order valence-electron chi connectivity index (χ1n) is 5.44. The molecule has 1 rings (SSSR count). The molecule has 0 bridgehead atoms. The molecule has 1 aromatic carbocycles. The van der Waals surface area contributed by atoms with E-state index in [4.69, 9.17) is 9.47 Å². The molecule has 0 saturated heterocycles. The third-order valence-corrected chi connectivity index (χ3v) is 2.10. The van der Waals surface area contributed by atoms with Gasteiger partial charge < -0.3 is 9.47 Å². The Labute approximate surface area is 102 Å². The molecule has 0 unspecified atom stereocenters. The number of benzene rings is 1. The summed E-state index contributed by atoms with van der Waals surface area (Å²) in [6, 6.07) is 3.37. The summed E-state index contributed by atoms with van der Waals surface area (Å²) in [6.07, 6.45) is 0. The second kappa shape index (κ2) is 7.62. The van der Waals surface area contributed by atoms with E-state index in [-0.39, 0.29) is 12.5 Å². The molecule has 96 valence electrons. The number of hydrogen-bond donors (Lipinski definition) is 0. The van der Waals surface area contributed by atoms with E-state index < -0.39 is 4.92 Å². The van der Waals surface area contributed by atoms with Gasteiger partial charge in [0.2, 0.25) is 0 Å². The van der Waals surface area contributed by atoms with Gasteiger partial charge in [-0.15, -0.1) is 0 Å². The number of nitro benzene ring substituents is 1. The summed E-state index contributed by atoms with van der Waals surface area (Å²) in [5.41, 5.74) is 1.25. The molecule has 5 nitrogen and oxygen atoms in total. The molecule has 0 spiro atoms. The van der Waals surface area contributed by atoms with Gasteiger partial charge >= 0.3 is 0 Å². The Kier molecular flexibility index (Phi) is 6.89. The fraction of sp³-hybridized carbons (Fsp3) is 0.500. The lowest BCUT2D eigenvalue weighted by Gasteiger charge is -2.09. The second-order valence-corrected chi connectivity index (χ2v) is 3.16. The van der Waals surface area contributed by atoms with Gasteiger partial charge in [0.15, 0.2) is 6.79 Å². The first kappa shape index (κ1) is 15.4. The second-order valence-electron chi connectivity index (χ2n) is 3.16. The normalized spacial score (nSPS) is 9.24. The lowest BCUT2D eigenvalue weighted by molar-refractivity contribution is -0.386. The number of aryl methyl sites for hydroxylation is 1. The van der Waals surface area contributed by atoms with E-state index in [1.54, 1.807) is 26.0 Å². The standard InChI is InChI=1S/C10H13NO4.C2H6/c1-7-4-5-9(15-6-14-3)8(2)10(7)11(12)13;1-2/h4-5H,6H2,1-3H3;1-2H3. The van der Waals surface area contributed by atoms with Crippen LogP contribution in [0.5, 0.6) is 5.75 Å². The zero-order chi connectivity index (χ0) is 13.4. The molecular weight excluding hydrogens is 222 g/mol. The number of methoxy groups -OCH3 is 1. The molecule has 0 N–H and O–H groups in total. The number of rotatable bonds is 4. The van der Waals surface area contributed by atoms with Gasteiger partial charge in [0, 0.05) is 12.7 Å². The van der Waals surface area contributed by atoms with Gasteiger partial charge in [-0.05, 0) is 26.0 Å². The molecular formula is C12H19NO4. The molecule has 0 aliphatic heterocycles. The Hall–Kier alpha value is -1.62. The van der Waals surface area contributed by atoms with Gasteiger partial charge in [-0.1, -0.05) is 13.8 Å². The highest BCUT2D eigenvalue weighted by Crippen LogP contribution is 2.30. The molecule has 0 radical (unpaired) electrons. The lowest BCUT2D eigenvalue weighted by atomic mass is 10.1. The van der Waals surface area contributed by atoms with Crippen molar-refractivity contribution in [3.8, 4) is 5.75 Å². The van der Waals surface area contributed by atoms with Crippen molar-refractivity contribution in [2.45, 2.75) is 27.7 Å². The Morgan fingerprint density at radius 3 is 2.35 bits per heavy atom. The highest BCUT2D eigenvalue weighted by atomic mass is 16.7. The Morgan fingerprint density at radius 1 is 1.29 bits per heavy atom. The zero-order valence-corrected chi connectivity index (χ0v) is 10.9. The lowest BCUT2D eigenvalue weighted by Crippen LogP contribution is -2.03. The van der Waals surface area contributed by atoms with Crippen LogP contribution < -0.4 is 4.74 Å². The van der Waals surface area contributed by atoms with Crippen LogP contribution in [0.4, 0.5) is 5.69 Å². The van der Waals surface area contributed by atoms with Crippen LogP contribution in [-0.4, -0.2) is 18.8 Å². The quantitative estimate of drug-likeness (QED) is 0.461. The van der Waals surface area contributed by atoms with Gasteiger partial charge in [0.1, 0.15) is 5.75 Å². The molecule has 0 saturated carbocycles. The number of hydrogen-bond acceptors (Lipinski definition) is 4. The number of nitrogens with zero attached hydrogens (tertiary/aromatic N) is 1. The monoisotopic (exact) mass is 241 g/mol. The Balaban J connectivity index is 0.00000121. The highest BCUT2D eigenvalue weighted by Gasteiger charge is 2.18. The van der Waals surface area contributed by atoms with Crippen LogP contribution in [0.2, 0.25) is 0 Å². The van der Waals surface area contributed by atoms with Crippen molar-refractivity contribution in [1.82, 2.24) is 0 Å². The minimum absolute atomic E-state index is 0.0844. The molecule has 0 aliphatic carbocycles. The van der Waals surface area contributed by atoms with Crippen LogP contribution in [0, 0.1) is 24.0 Å². The van der Waals surface area contributed by atoms with E-state index in [0.29, 0.717) is 16.9 Å². The van der Waals surface area contributed by atoms with Crippen molar-refractivity contribution in [2.24, 2.45) is 0 Å².